The van der Waals surface area contributed by atoms with Gasteiger partial charge in [-0.1, -0.05) is 113 Å². The van der Waals surface area contributed by atoms with Crippen LogP contribution in [0.3, 0.4) is 0 Å². The second kappa shape index (κ2) is 24.2. The maximum Gasteiger partial charge on any atom is 0.308 e. The molecule has 0 aromatic heterocycles. The molecule has 0 heterocycles. The van der Waals surface area contributed by atoms with E-state index in [4.69, 9.17) is 4.74 Å². The number of allylic oxidation sites excluding steroid dienone is 12. The Balaban J connectivity index is 3.67. The van der Waals surface area contributed by atoms with Crippen molar-refractivity contribution in [3.63, 3.8) is 0 Å². The second-order valence-corrected chi connectivity index (χ2v) is 7.78. The van der Waals surface area contributed by atoms with E-state index in [0.717, 1.165) is 57.8 Å². The van der Waals surface area contributed by atoms with Gasteiger partial charge in [0.1, 0.15) is 0 Å². The first-order valence-electron chi connectivity index (χ1n) is 12.3. The van der Waals surface area contributed by atoms with Crippen molar-refractivity contribution in [2.45, 2.75) is 91.4 Å². The first-order chi connectivity index (χ1) is 15.2. The summed E-state index contributed by atoms with van der Waals surface area (Å²) in [5.74, 6) is -0.133. The fourth-order valence-electron chi connectivity index (χ4n) is 2.76. The summed E-state index contributed by atoms with van der Waals surface area (Å²) in [6.07, 6.45) is 37.6. The highest BCUT2D eigenvalue weighted by atomic mass is 16.5. The summed E-state index contributed by atoms with van der Waals surface area (Å²) in [6, 6.07) is 0. The van der Waals surface area contributed by atoms with E-state index in [2.05, 4.69) is 86.8 Å². The van der Waals surface area contributed by atoms with Crippen LogP contribution in [0.1, 0.15) is 91.4 Å². The minimum absolute atomic E-state index is 0.0595. The smallest absolute Gasteiger partial charge is 0.308 e. The van der Waals surface area contributed by atoms with Crippen molar-refractivity contribution in [1.29, 1.82) is 0 Å². The number of carbonyl (C=O) groups excluding carboxylic acids is 1. The van der Waals surface area contributed by atoms with Gasteiger partial charge in [0.05, 0.1) is 12.5 Å². The molecular weight excluding hydrogens is 380 g/mol. The largest absolute Gasteiger partial charge is 0.465 e. The van der Waals surface area contributed by atoms with E-state index < -0.39 is 0 Å². The molecule has 0 rings (SSSR count). The van der Waals surface area contributed by atoms with Gasteiger partial charge in [0.25, 0.3) is 0 Å². The number of carbonyl (C=O) groups is 1. The molecule has 0 radical (unpaired) electrons. The third kappa shape index (κ3) is 22.4. The number of ether oxygens (including phenoxy) is 1. The standard InChI is InChI=1S/C29H46O2/c1-4-6-8-10-11-12-13-14-15-16-17-18-19-20-21-22-23-24-26-28(3)29(30)31-27-25-9-7-5-2/h6,8,11-12,14-15,17-18,20-21,23-24,28H,4-5,7,9-10,13,16,19,22,25-27H2,1-3H3/b8-6-,12-11-,15-14-,18-17-,21-20-,24-23-. The number of hydrogen-bond donors (Lipinski definition) is 0. The lowest BCUT2D eigenvalue weighted by Crippen LogP contribution is -2.14. The Labute approximate surface area is 192 Å². The fraction of sp³-hybridized carbons (Fsp3) is 0.552. The van der Waals surface area contributed by atoms with Crippen molar-refractivity contribution >= 4 is 5.97 Å². The lowest BCUT2D eigenvalue weighted by Gasteiger charge is -2.09. The molecule has 0 aromatic rings. The van der Waals surface area contributed by atoms with E-state index in [1.54, 1.807) is 0 Å². The highest BCUT2D eigenvalue weighted by molar-refractivity contribution is 5.72. The summed E-state index contributed by atoms with van der Waals surface area (Å²) in [5.41, 5.74) is 0. The molecule has 2 heteroatoms. The summed E-state index contributed by atoms with van der Waals surface area (Å²) >= 11 is 0. The maximum absolute atomic E-state index is 11.9. The number of hydrogen-bond acceptors (Lipinski definition) is 2. The van der Waals surface area contributed by atoms with E-state index in [1.807, 2.05) is 6.92 Å². The van der Waals surface area contributed by atoms with Crippen molar-refractivity contribution in [1.82, 2.24) is 0 Å². The first-order valence-corrected chi connectivity index (χ1v) is 12.3. The van der Waals surface area contributed by atoms with E-state index in [0.29, 0.717) is 6.61 Å². The normalized spacial score (nSPS) is 13.8. The summed E-state index contributed by atoms with van der Waals surface area (Å²) in [4.78, 5) is 11.9. The van der Waals surface area contributed by atoms with E-state index in [-0.39, 0.29) is 11.9 Å². The zero-order valence-corrected chi connectivity index (χ0v) is 20.3. The lowest BCUT2D eigenvalue weighted by molar-refractivity contribution is -0.147. The molecule has 0 saturated carbocycles. The Kier molecular flexibility index (Phi) is 22.6. The number of unbranched alkanes of at least 4 members (excludes halogenated alkanes) is 3. The van der Waals surface area contributed by atoms with Crippen molar-refractivity contribution in [2.24, 2.45) is 5.92 Å². The molecule has 0 aliphatic carbocycles. The van der Waals surface area contributed by atoms with Gasteiger partial charge >= 0.3 is 5.97 Å². The Bertz CT molecular complexity index is 576. The Hall–Kier alpha value is -2.09. The van der Waals surface area contributed by atoms with Gasteiger partial charge in [-0.2, -0.15) is 0 Å². The summed E-state index contributed by atoms with van der Waals surface area (Å²) in [5, 5.41) is 0. The van der Waals surface area contributed by atoms with E-state index >= 15 is 0 Å². The fourth-order valence-corrected chi connectivity index (χ4v) is 2.76. The van der Waals surface area contributed by atoms with Crippen LogP contribution in [0.15, 0.2) is 72.9 Å². The van der Waals surface area contributed by atoms with Crippen LogP contribution in [0.5, 0.6) is 0 Å². The van der Waals surface area contributed by atoms with Crippen LogP contribution in [0.4, 0.5) is 0 Å². The third-order valence-electron chi connectivity index (χ3n) is 4.73. The Morgan fingerprint density at radius 3 is 1.55 bits per heavy atom. The van der Waals surface area contributed by atoms with Crippen molar-refractivity contribution in [3.05, 3.63) is 72.9 Å². The van der Waals surface area contributed by atoms with E-state index in [9.17, 15) is 4.79 Å². The molecule has 0 bridgehead atoms. The van der Waals surface area contributed by atoms with Gasteiger partial charge in [-0.25, -0.2) is 0 Å². The van der Waals surface area contributed by atoms with Crippen LogP contribution in [-0.4, -0.2) is 12.6 Å². The molecule has 174 valence electrons. The van der Waals surface area contributed by atoms with Gasteiger partial charge in [-0.05, 0) is 51.4 Å². The predicted octanol–water partition coefficient (Wildman–Crippen LogP) is 8.83. The molecule has 0 amide bonds. The Morgan fingerprint density at radius 1 is 0.645 bits per heavy atom. The van der Waals surface area contributed by atoms with Gasteiger partial charge in [0.2, 0.25) is 0 Å². The highest BCUT2D eigenvalue weighted by Crippen LogP contribution is 2.08. The number of esters is 1. The van der Waals surface area contributed by atoms with Crippen LogP contribution < -0.4 is 0 Å². The van der Waals surface area contributed by atoms with Crippen LogP contribution in [0.2, 0.25) is 0 Å². The topological polar surface area (TPSA) is 26.3 Å². The molecule has 0 spiro atoms. The van der Waals surface area contributed by atoms with Gasteiger partial charge in [-0.3, -0.25) is 4.79 Å². The summed E-state index contributed by atoms with van der Waals surface area (Å²) < 4.78 is 5.33. The molecular formula is C29H46O2. The summed E-state index contributed by atoms with van der Waals surface area (Å²) in [7, 11) is 0. The minimum Gasteiger partial charge on any atom is -0.465 e. The molecule has 0 N–H and O–H groups in total. The lowest BCUT2D eigenvalue weighted by atomic mass is 10.1. The maximum atomic E-state index is 11.9. The van der Waals surface area contributed by atoms with E-state index in [1.165, 1.54) is 12.8 Å². The van der Waals surface area contributed by atoms with Gasteiger partial charge in [-0.15, -0.1) is 0 Å². The molecule has 2 nitrogen and oxygen atoms in total. The molecule has 0 fully saturated rings. The monoisotopic (exact) mass is 426 g/mol. The molecule has 0 saturated heterocycles. The highest BCUT2D eigenvalue weighted by Gasteiger charge is 2.11. The molecule has 0 aliphatic rings. The van der Waals surface area contributed by atoms with Crippen LogP contribution >= 0.6 is 0 Å². The molecule has 1 atom stereocenters. The van der Waals surface area contributed by atoms with Crippen LogP contribution in [0, 0.1) is 5.92 Å². The quantitative estimate of drug-likeness (QED) is 0.117. The van der Waals surface area contributed by atoms with Gasteiger partial charge < -0.3 is 4.74 Å². The van der Waals surface area contributed by atoms with Gasteiger partial charge in [0.15, 0.2) is 0 Å². The van der Waals surface area contributed by atoms with Crippen LogP contribution in [0.25, 0.3) is 0 Å². The summed E-state index contributed by atoms with van der Waals surface area (Å²) in [6.45, 7) is 6.84. The molecule has 1 unspecified atom stereocenters. The first kappa shape index (κ1) is 28.9. The zero-order chi connectivity index (χ0) is 22.8. The van der Waals surface area contributed by atoms with Crippen molar-refractivity contribution in [3.8, 4) is 0 Å². The Morgan fingerprint density at radius 2 is 1.10 bits per heavy atom. The molecule has 31 heavy (non-hydrogen) atoms. The van der Waals surface area contributed by atoms with Crippen LogP contribution in [-0.2, 0) is 9.53 Å². The minimum atomic E-state index is -0.0731. The zero-order valence-electron chi connectivity index (χ0n) is 20.3. The van der Waals surface area contributed by atoms with Gasteiger partial charge in [0, 0.05) is 0 Å². The SMILES string of the molecule is CC/C=C\C/C=C\C/C=C\C/C=C\C/C=C\C/C=C\CC(C)C(=O)OCCCCCC. The average Bonchev–Trinajstić information content (AvgIpc) is 2.77. The van der Waals surface area contributed by atoms with Crippen molar-refractivity contribution < 1.29 is 9.53 Å². The second-order valence-electron chi connectivity index (χ2n) is 7.78. The van der Waals surface area contributed by atoms with Crippen molar-refractivity contribution in [2.75, 3.05) is 6.61 Å². The molecule has 0 aromatic carbocycles. The third-order valence-corrected chi connectivity index (χ3v) is 4.73. The predicted molar refractivity (Wildman–Crippen MR) is 137 cm³/mol. The number of rotatable bonds is 19. The molecule has 0 aliphatic heterocycles. The average molecular weight is 427 g/mol.